The Morgan fingerprint density at radius 3 is 2.62 bits per heavy atom. The van der Waals surface area contributed by atoms with Gasteiger partial charge in [-0.1, -0.05) is 54.6 Å². The molecule has 0 aromatic heterocycles. The van der Waals surface area contributed by atoms with Crippen LogP contribution in [0, 0.1) is 6.92 Å². The van der Waals surface area contributed by atoms with E-state index in [-0.39, 0.29) is 6.61 Å². The summed E-state index contributed by atoms with van der Waals surface area (Å²) >= 11 is 0. The number of aliphatic hydroxyl groups excluding tert-OH is 1. The molecule has 1 heteroatoms. The van der Waals surface area contributed by atoms with Crippen molar-refractivity contribution in [1.29, 1.82) is 0 Å². The zero-order chi connectivity index (χ0) is 11.8. The molecule has 0 unspecified atom stereocenters. The van der Waals surface area contributed by atoms with Crippen LogP contribution in [0.3, 0.4) is 0 Å². The highest BCUT2D eigenvalue weighted by Gasteiger charge is 1.96. The first-order valence-electron chi connectivity index (χ1n) is 5.42. The van der Waals surface area contributed by atoms with Crippen LogP contribution in [0.25, 0.3) is 5.57 Å². The molecule has 0 saturated heterocycles. The first-order valence-corrected chi connectivity index (χ1v) is 5.42. The average molecular weight is 214 g/mol. The van der Waals surface area contributed by atoms with Crippen molar-refractivity contribution in [2.24, 2.45) is 0 Å². The van der Waals surface area contributed by atoms with Gasteiger partial charge in [-0.05, 0) is 30.5 Å². The van der Waals surface area contributed by atoms with Crippen LogP contribution in [-0.4, -0.2) is 11.7 Å². The van der Waals surface area contributed by atoms with Crippen LogP contribution in [0.2, 0.25) is 0 Å². The summed E-state index contributed by atoms with van der Waals surface area (Å²) in [6, 6.07) is 8.33. The third-order valence-electron chi connectivity index (χ3n) is 2.38. The first kappa shape index (κ1) is 12.5. The van der Waals surface area contributed by atoms with Gasteiger partial charge in [-0.2, -0.15) is 0 Å². The van der Waals surface area contributed by atoms with Gasteiger partial charge in [0.25, 0.3) is 0 Å². The number of benzene rings is 1. The van der Waals surface area contributed by atoms with Gasteiger partial charge in [-0.25, -0.2) is 0 Å². The average Bonchev–Trinajstić information content (AvgIpc) is 2.29. The van der Waals surface area contributed by atoms with Crippen LogP contribution >= 0.6 is 0 Å². The van der Waals surface area contributed by atoms with E-state index in [2.05, 4.69) is 38.1 Å². The van der Waals surface area contributed by atoms with Crippen LogP contribution in [0.5, 0.6) is 0 Å². The van der Waals surface area contributed by atoms with E-state index in [1.165, 1.54) is 16.7 Å². The van der Waals surface area contributed by atoms with Gasteiger partial charge >= 0.3 is 0 Å². The molecule has 0 aliphatic heterocycles. The predicted molar refractivity (Wildman–Crippen MR) is 70.2 cm³/mol. The summed E-state index contributed by atoms with van der Waals surface area (Å²) in [7, 11) is 0. The molecule has 1 rings (SSSR count). The summed E-state index contributed by atoms with van der Waals surface area (Å²) in [5, 5.41) is 8.55. The van der Waals surface area contributed by atoms with Crippen molar-refractivity contribution in [1.82, 2.24) is 0 Å². The molecule has 0 radical (unpaired) electrons. The quantitative estimate of drug-likeness (QED) is 0.760. The number of rotatable bonds is 4. The Kier molecular flexibility index (Phi) is 5.30. The monoisotopic (exact) mass is 214 g/mol. The molecular weight excluding hydrogens is 196 g/mol. The minimum Gasteiger partial charge on any atom is -0.392 e. The van der Waals surface area contributed by atoms with Crippen molar-refractivity contribution in [2.45, 2.75) is 13.8 Å². The lowest BCUT2D eigenvalue weighted by Crippen LogP contribution is -1.83. The summed E-state index contributed by atoms with van der Waals surface area (Å²) in [6.07, 6.45) is 9.51. The van der Waals surface area contributed by atoms with E-state index >= 15 is 0 Å². The molecule has 0 amide bonds. The molecule has 0 atom stereocenters. The maximum Gasteiger partial charge on any atom is 0.0615 e. The minimum atomic E-state index is 0.0881. The predicted octanol–water partition coefficient (Wildman–Crippen LogP) is 3.50. The van der Waals surface area contributed by atoms with E-state index in [0.717, 1.165) is 0 Å². The second kappa shape index (κ2) is 6.81. The van der Waals surface area contributed by atoms with Crippen molar-refractivity contribution < 1.29 is 5.11 Å². The number of aryl methyl sites for hydroxylation is 1. The normalized spacial score (nSPS) is 12.8. The Balaban J connectivity index is 2.74. The van der Waals surface area contributed by atoms with Gasteiger partial charge in [0.2, 0.25) is 0 Å². The fraction of sp³-hybridized carbons (Fsp3) is 0.200. The first-order chi connectivity index (χ1) is 7.75. The van der Waals surface area contributed by atoms with Crippen LogP contribution in [-0.2, 0) is 0 Å². The van der Waals surface area contributed by atoms with E-state index in [1.807, 2.05) is 24.3 Å². The summed E-state index contributed by atoms with van der Waals surface area (Å²) < 4.78 is 0. The maximum atomic E-state index is 8.55. The fourth-order valence-electron chi connectivity index (χ4n) is 1.51. The van der Waals surface area contributed by atoms with Crippen LogP contribution in [0.15, 0.2) is 54.6 Å². The van der Waals surface area contributed by atoms with Gasteiger partial charge < -0.3 is 5.11 Å². The highest BCUT2D eigenvalue weighted by atomic mass is 16.2. The van der Waals surface area contributed by atoms with Gasteiger partial charge in [-0.3, -0.25) is 0 Å². The van der Waals surface area contributed by atoms with Gasteiger partial charge in [0.15, 0.2) is 0 Å². The topological polar surface area (TPSA) is 20.2 Å². The maximum absolute atomic E-state index is 8.55. The zero-order valence-electron chi connectivity index (χ0n) is 9.85. The third kappa shape index (κ3) is 3.87. The van der Waals surface area contributed by atoms with Gasteiger partial charge in [-0.15, -0.1) is 0 Å². The number of allylic oxidation sites excluding steroid dienone is 5. The Morgan fingerprint density at radius 2 is 1.94 bits per heavy atom. The zero-order valence-corrected chi connectivity index (χ0v) is 9.85. The van der Waals surface area contributed by atoms with Crippen LogP contribution in [0.4, 0.5) is 0 Å². The molecule has 0 saturated carbocycles. The summed E-state index contributed by atoms with van der Waals surface area (Å²) in [4.78, 5) is 0. The molecule has 0 aliphatic rings. The molecule has 1 N–H and O–H groups in total. The van der Waals surface area contributed by atoms with Crippen molar-refractivity contribution in [3.05, 3.63) is 65.8 Å². The van der Waals surface area contributed by atoms with Crippen molar-refractivity contribution in [3.8, 4) is 0 Å². The third-order valence-corrected chi connectivity index (χ3v) is 2.38. The van der Waals surface area contributed by atoms with E-state index in [1.54, 1.807) is 6.08 Å². The minimum absolute atomic E-state index is 0.0881. The van der Waals surface area contributed by atoms with E-state index in [9.17, 15) is 0 Å². The van der Waals surface area contributed by atoms with E-state index in [4.69, 9.17) is 5.11 Å². The fourth-order valence-corrected chi connectivity index (χ4v) is 1.51. The largest absolute Gasteiger partial charge is 0.392 e. The molecule has 1 aromatic rings. The van der Waals surface area contributed by atoms with Gasteiger partial charge in [0.1, 0.15) is 0 Å². The standard InChI is InChI=1S/C15H18O/c1-13(9-5-3-4-8-12-16)15-11-7-6-10-14(15)2/h3-11,16H,12H2,1-2H3/b5-3+,8-4+,13-9?. The molecule has 0 fully saturated rings. The number of hydrogen-bond acceptors (Lipinski definition) is 1. The van der Waals surface area contributed by atoms with Gasteiger partial charge in [0.05, 0.1) is 6.61 Å². The Morgan fingerprint density at radius 1 is 1.19 bits per heavy atom. The van der Waals surface area contributed by atoms with Crippen LogP contribution < -0.4 is 0 Å². The second-order valence-corrected chi connectivity index (χ2v) is 3.66. The molecule has 84 valence electrons. The second-order valence-electron chi connectivity index (χ2n) is 3.66. The molecule has 0 heterocycles. The number of aliphatic hydroxyl groups is 1. The molecule has 16 heavy (non-hydrogen) atoms. The summed E-state index contributed by atoms with van der Waals surface area (Å²) in [5.74, 6) is 0. The molecule has 0 aliphatic carbocycles. The lowest BCUT2D eigenvalue weighted by Gasteiger charge is -2.04. The molecule has 1 nitrogen and oxygen atoms in total. The lowest BCUT2D eigenvalue weighted by atomic mass is 10.0. The molecule has 0 bridgehead atoms. The Labute approximate surface area is 97.4 Å². The number of hydrogen-bond donors (Lipinski definition) is 1. The Hall–Kier alpha value is -1.60. The lowest BCUT2D eigenvalue weighted by molar-refractivity contribution is 0.343. The smallest absolute Gasteiger partial charge is 0.0615 e. The molecule has 1 aromatic carbocycles. The van der Waals surface area contributed by atoms with Crippen molar-refractivity contribution >= 4 is 5.57 Å². The van der Waals surface area contributed by atoms with E-state index < -0.39 is 0 Å². The molecular formula is C15H18O. The van der Waals surface area contributed by atoms with Gasteiger partial charge in [0, 0.05) is 0 Å². The Bertz CT molecular complexity index is 411. The SMILES string of the molecule is CC(=C/C=C/C=C/CO)c1ccccc1C. The van der Waals surface area contributed by atoms with Crippen LogP contribution in [0.1, 0.15) is 18.1 Å². The van der Waals surface area contributed by atoms with E-state index in [0.29, 0.717) is 0 Å². The van der Waals surface area contributed by atoms with Crippen molar-refractivity contribution in [2.75, 3.05) is 6.61 Å². The molecule has 0 spiro atoms. The van der Waals surface area contributed by atoms with Crippen molar-refractivity contribution in [3.63, 3.8) is 0 Å². The summed E-state index contributed by atoms with van der Waals surface area (Å²) in [6.45, 7) is 4.30. The summed E-state index contributed by atoms with van der Waals surface area (Å²) in [5.41, 5.74) is 3.81. The highest BCUT2D eigenvalue weighted by molar-refractivity contribution is 5.67. The highest BCUT2D eigenvalue weighted by Crippen LogP contribution is 2.17.